The van der Waals surface area contributed by atoms with Crippen molar-refractivity contribution in [3.8, 4) is 0 Å². The molecule has 0 saturated carbocycles. The average molecular weight is 381 g/mol. The Morgan fingerprint density at radius 2 is 1.81 bits per heavy atom. The Morgan fingerprint density at radius 3 is 2.56 bits per heavy atom. The number of fused-ring (bicyclic) bond motifs is 1. The van der Waals surface area contributed by atoms with Crippen LogP contribution in [-0.4, -0.2) is 15.6 Å². The molecule has 140 valence electrons. The van der Waals surface area contributed by atoms with Gasteiger partial charge in [-0.1, -0.05) is 43.7 Å². The second-order valence-corrected chi connectivity index (χ2v) is 6.91. The Balaban J connectivity index is 1.56. The predicted molar refractivity (Wildman–Crippen MR) is 115 cm³/mol. The normalized spacial score (nSPS) is 10.6. The molecule has 0 bridgehead atoms. The van der Waals surface area contributed by atoms with E-state index in [0.717, 1.165) is 23.0 Å². The van der Waals surface area contributed by atoms with Gasteiger partial charge >= 0.3 is 0 Å². The molecule has 0 aliphatic carbocycles. The van der Waals surface area contributed by atoms with E-state index in [9.17, 15) is 4.79 Å². The molecule has 2 aromatic carbocycles. The van der Waals surface area contributed by atoms with Crippen LogP contribution in [0, 0.1) is 0 Å². The van der Waals surface area contributed by atoms with Crippen LogP contribution in [0.3, 0.4) is 0 Å². The third-order valence-electron chi connectivity index (χ3n) is 4.46. The lowest BCUT2D eigenvalue weighted by Gasteiger charge is -2.12. The van der Waals surface area contributed by atoms with Crippen molar-refractivity contribution in [3.05, 3.63) is 65.9 Å². The highest BCUT2D eigenvalue weighted by Crippen LogP contribution is 2.19. The van der Waals surface area contributed by atoms with Crippen LogP contribution in [0.4, 0.5) is 5.69 Å². The van der Waals surface area contributed by atoms with Gasteiger partial charge in [0.2, 0.25) is 0 Å². The first kappa shape index (κ1) is 18.9. The van der Waals surface area contributed by atoms with Crippen LogP contribution in [0.2, 0.25) is 0 Å². The summed E-state index contributed by atoms with van der Waals surface area (Å²) in [7, 11) is 1.92. The number of carbonyl (C=O) groups excluding carboxylic acids is 1. The summed E-state index contributed by atoms with van der Waals surface area (Å²) in [4.78, 5) is 12.5. The molecule has 3 N–H and O–H groups in total. The Labute approximate surface area is 164 Å². The highest BCUT2D eigenvalue weighted by atomic mass is 32.1. The van der Waals surface area contributed by atoms with Crippen molar-refractivity contribution in [3.63, 3.8) is 0 Å². The number of rotatable bonds is 5. The Hall–Kier alpha value is -2.86. The lowest BCUT2D eigenvalue weighted by atomic mass is 10.1. The summed E-state index contributed by atoms with van der Waals surface area (Å²) in [5.41, 5.74) is 9.22. The van der Waals surface area contributed by atoms with Crippen LogP contribution in [0.15, 0.2) is 54.7 Å². The number of nitrogens with zero attached hydrogens (tertiary/aromatic N) is 1. The van der Waals surface area contributed by atoms with Gasteiger partial charge in [0.1, 0.15) is 0 Å². The van der Waals surface area contributed by atoms with E-state index >= 15 is 0 Å². The van der Waals surface area contributed by atoms with Crippen molar-refractivity contribution in [2.45, 2.75) is 26.2 Å². The summed E-state index contributed by atoms with van der Waals surface area (Å²) in [6.45, 7) is 2.19. The van der Waals surface area contributed by atoms with E-state index in [-0.39, 0.29) is 5.91 Å². The molecule has 0 aliphatic heterocycles. The van der Waals surface area contributed by atoms with Crippen LogP contribution in [0.1, 0.15) is 35.7 Å². The summed E-state index contributed by atoms with van der Waals surface area (Å²) >= 11 is 5.27. The molecule has 6 heteroatoms. The van der Waals surface area contributed by atoms with Crippen LogP contribution >= 0.6 is 12.2 Å². The zero-order valence-corrected chi connectivity index (χ0v) is 16.4. The van der Waals surface area contributed by atoms with E-state index in [1.165, 1.54) is 18.4 Å². The molecule has 0 spiro atoms. The molecular formula is C21H24N4OS. The molecule has 1 heterocycles. The van der Waals surface area contributed by atoms with Gasteiger partial charge < -0.3 is 9.88 Å². The number of unbranched alkanes of at least 4 members (excludes halogenated alkanes) is 1. The Morgan fingerprint density at radius 1 is 1.07 bits per heavy atom. The van der Waals surface area contributed by atoms with Crippen LogP contribution < -0.4 is 16.2 Å². The van der Waals surface area contributed by atoms with Gasteiger partial charge in [0.25, 0.3) is 5.91 Å². The van der Waals surface area contributed by atoms with Crippen LogP contribution in [0.25, 0.3) is 10.9 Å². The first-order valence-corrected chi connectivity index (χ1v) is 9.49. The second-order valence-electron chi connectivity index (χ2n) is 6.50. The third kappa shape index (κ3) is 4.65. The molecular weight excluding hydrogens is 356 g/mol. The fourth-order valence-corrected chi connectivity index (χ4v) is 3.17. The fraction of sp³-hybridized carbons (Fsp3) is 0.238. The zero-order valence-electron chi connectivity index (χ0n) is 15.6. The highest BCUT2D eigenvalue weighted by molar-refractivity contribution is 7.80. The monoisotopic (exact) mass is 380 g/mol. The Kier molecular flexibility index (Phi) is 6.08. The summed E-state index contributed by atoms with van der Waals surface area (Å²) in [5, 5.41) is 4.32. The number of para-hydroxylation sites is 1. The topological polar surface area (TPSA) is 58.1 Å². The predicted octanol–water partition coefficient (Wildman–Crippen LogP) is 4.15. The molecule has 0 aliphatic rings. The average Bonchev–Trinajstić information content (AvgIpc) is 3.03. The lowest BCUT2D eigenvalue weighted by molar-refractivity contribution is 0.0945. The number of anilines is 1. The van der Waals surface area contributed by atoms with E-state index in [0.29, 0.717) is 10.7 Å². The number of hydrazine groups is 1. The van der Waals surface area contributed by atoms with Crippen molar-refractivity contribution >= 4 is 39.8 Å². The quantitative estimate of drug-likeness (QED) is 0.460. The minimum Gasteiger partial charge on any atom is -0.350 e. The molecule has 0 radical (unpaired) electrons. The summed E-state index contributed by atoms with van der Waals surface area (Å²) < 4.78 is 1.93. The molecule has 0 saturated heterocycles. The molecule has 0 atom stereocenters. The second kappa shape index (κ2) is 8.68. The number of aryl methyl sites for hydroxylation is 2. The number of amides is 1. The maximum atomic E-state index is 12.5. The van der Waals surface area contributed by atoms with E-state index in [4.69, 9.17) is 12.2 Å². The smallest absolute Gasteiger partial charge is 0.271 e. The van der Waals surface area contributed by atoms with Gasteiger partial charge in [-0.05, 0) is 48.8 Å². The van der Waals surface area contributed by atoms with Gasteiger partial charge in [-0.15, -0.1) is 0 Å². The number of benzene rings is 2. The van der Waals surface area contributed by atoms with Gasteiger partial charge in [-0.3, -0.25) is 15.6 Å². The maximum Gasteiger partial charge on any atom is 0.271 e. The third-order valence-corrected chi connectivity index (χ3v) is 4.67. The summed E-state index contributed by atoms with van der Waals surface area (Å²) in [6, 6.07) is 16.0. The molecule has 1 aromatic heterocycles. The standard InChI is InChI=1S/C21H24N4OS/c1-3-4-7-15-10-12-16(13-11-15)22-21(27)24-23-20(26)18-14-25(2)19-9-6-5-8-17(18)19/h5-6,8-14H,3-4,7H2,1-2H3,(H,23,26)(H2,22,24,27). The summed E-state index contributed by atoms with van der Waals surface area (Å²) in [5.74, 6) is -0.231. The van der Waals surface area contributed by atoms with Crippen molar-refractivity contribution in [1.82, 2.24) is 15.4 Å². The van der Waals surface area contributed by atoms with E-state index in [1.54, 1.807) is 0 Å². The van der Waals surface area contributed by atoms with Crippen LogP contribution in [-0.2, 0) is 13.5 Å². The van der Waals surface area contributed by atoms with Crippen molar-refractivity contribution in [2.24, 2.45) is 7.05 Å². The van der Waals surface area contributed by atoms with Gasteiger partial charge in [0.05, 0.1) is 5.56 Å². The molecule has 5 nitrogen and oxygen atoms in total. The van der Waals surface area contributed by atoms with Gasteiger partial charge in [-0.25, -0.2) is 0 Å². The fourth-order valence-electron chi connectivity index (χ4n) is 3.00. The van der Waals surface area contributed by atoms with E-state index in [1.807, 2.05) is 54.2 Å². The highest BCUT2D eigenvalue weighted by Gasteiger charge is 2.13. The zero-order chi connectivity index (χ0) is 19.2. The van der Waals surface area contributed by atoms with Gasteiger partial charge in [0, 0.05) is 29.8 Å². The van der Waals surface area contributed by atoms with Crippen molar-refractivity contribution in [2.75, 3.05) is 5.32 Å². The molecule has 1 amide bonds. The molecule has 3 rings (SSSR count). The largest absolute Gasteiger partial charge is 0.350 e. The number of thiocarbonyl (C=S) groups is 1. The number of nitrogens with one attached hydrogen (secondary N) is 3. The number of hydrogen-bond acceptors (Lipinski definition) is 2. The minimum absolute atomic E-state index is 0.231. The van der Waals surface area contributed by atoms with Gasteiger partial charge in [0.15, 0.2) is 5.11 Å². The van der Waals surface area contributed by atoms with E-state index in [2.05, 4.69) is 35.2 Å². The van der Waals surface area contributed by atoms with Crippen molar-refractivity contribution < 1.29 is 4.79 Å². The molecule has 0 unspecified atom stereocenters. The number of carbonyl (C=O) groups is 1. The number of aromatic nitrogens is 1. The minimum atomic E-state index is -0.231. The van der Waals surface area contributed by atoms with Gasteiger partial charge in [-0.2, -0.15) is 0 Å². The number of hydrogen-bond donors (Lipinski definition) is 3. The first-order valence-electron chi connectivity index (χ1n) is 9.09. The molecule has 27 heavy (non-hydrogen) atoms. The molecule has 0 fully saturated rings. The lowest BCUT2D eigenvalue weighted by Crippen LogP contribution is -2.43. The molecule has 3 aromatic rings. The van der Waals surface area contributed by atoms with Crippen molar-refractivity contribution in [1.29, 1.82) is 0 Å². The Bertz CT molecular complexity index is 946. The summed E-state index contributed by atoms with van der Waals surface area (Å²) in [6.07, 6.45) is 5.27. The van der Waals surface area contributed by atoms with E-state index < -0.39 is 0 Å². The maximum absolute atomic E-state index is 12.5. The SMILES string of the molecule is CCCCc1ccc(NC(=S)NNC(=O)c2cn(C)c3ccccc23)cc1. The van der Waals surface area contributed by atoms with Crippen LogP contribution in [0.5, 0.6) is 0 Å². The first-order chi connectivity index (χ1) is 13.1.